The number of carbonyl (C=O) groups excluding carboxylic acids is 3. The smallest absolute Gasteiger partial charge is 0.335 e. The standard InChI is InChI=1S/C15H18O7/c1-6-8(16)3-15(20)13(6)4-9(22-11(18)10(13)17)7(2)14(15)5-21-12(14)19/h6-7,9-10,17,20H,3-5H2,1-2H3/t6-,7-,9-,10+,13+,14-,15-/m0/s1. The van der Waals surface area contributed by atoms with E-state index in [-0.39, 0.29) is 25.2 Å². The van der Waals surface area contributed by atoms with Gasteiger partial charge in [0, 0.05) is 18.3 Å². The van der Waals surface area contributed by atoms with Crippen molar-refractivity contribution in [2.24, 2.45) is 22.7 Å². The minimum atomic E-state index is -1.78. The molecule has 2 saturated carbocycles. The molecule has 2 bridgehead atoms. The molecule has 2 heterocycles. The van der Waals surface area contributed by atoms with E-state index in [1.807, 2.05) is 0 Å². The zero-order valence-corrected chi connectivity index (χ0v) is 12.4. The quantitative estimate of drug-likeness (QED) is 0.563. The van der Waals surface area contributed by atoms with Crippen molar-refractivity contribution in [1.82, 2.24) is 0 Å². The number of aliphatic hydroxyl groups excluding tert-OH is 1. The number of hydrogen-bond acceptors (Lipinski definition) is 7. The Morgan fingerprint density at radius 2 is 1.91 bits per heavy atom. The minimum Gasteiger partial charge on any atom is -0.464 e. The summed E-state index contributed by atoms with van der Waals surface area (Å²) in [5.41, 5.74) is -4.45. The molecule has 2 spiro atoms. The third-order valence-corrected chi connectivity index (χ3v) is 6.84. The molecule has 22 heavy (non-hydrogen) atoms. The maximum atomic E-state index is 12.4. The van der Waals surface area contributed by atoms with E-state index in [0.29, 0.717) is 0 Å². The third-order valence-electron chi connectivity index (χ3n) is 6.84. The molecular weight excluding hydrogens is 292 g/mol. The lowest BCUT2D eigenvalue weighted by molar-refractivity contribution is -0.321. The fourth-order valence-corrected chi connectivity index (χ4v) is 5.37. The fraction of sp³-hybridized carbons (Fsp3) is 0.800. The summed E-state index contributed by atoms with van der Waals surface area (Å²) in [4.78, 5) is 36.7. The van der Waals surface area contributed by atoms with Gasteiger partial charge in [-0.15, -0.1) is 0 Å². The van der Waals surface area contributed by atoms with Gasteiger partial charge in [0.25, 0.3) is 0 Å². The number of rotatable bonds is 0. The van der Waals surface area contributed by atoms with Crippen molar-refractivity contribution in [2.75, 3.05) is 6.61 Å². The first-order valence-electron chi connectivity index (χ1n) is 7.53. The number of aliphatic hydroxyl groups is 2. The Morgan fingerprint density at radius 1 is 1.23 bits per heavy atom. The van der Waals surface area contributed by atoms with Crippen LogP contribution < -0.4 is 0 Å². The molecule has 0 aromatic carbocycles. The second-order valence-corrected chi connectivity index (χ2v) is 7.18. The summed E-state index contributed by atoms with van der Waals surface area (Å²) < 4.78 is 10.2. The van der Waals surface area contributed by atoms with E-state index in [1.165, 1.54) is 0 Å². The lowest BCUT2D eigenvalue weighted by Gasteiger charge is -2.66. The number of ketones is 1. The molecule has 2 saturated heterocycles. The van der Waals surface area contributed by atoms with Crippen LogP contribution in [0.2, 0.25) is 0 Å². The average molecular weight is 310 g/mol. The molecule has 0 unspecified atom stereocenters. The Kier molecular flexibility index (Phi) is 2.38. The third kappa shape index (κ3) is 1.08. The van der Waals surface area contributed by atoms with E-state index in [0.717, 1.165) is 0 Å². The second-order valence-electron chi connectivity index (χ2n) is 7.18. The zero-order chi connectivity index (χ0) is 16.1. The molecule has 0 radical (unpaired) electrons. The number of hydrogen-bond donors (Lipinski definition) is 2. The van der Waals surface area contributed by atoms with Crippen LogP contribution in [0.5, 0.6) is 0 Å². The van der Waals surface area contributed by atoms with Crippen LogP contribution in [0.3, 0.4) is 0 Å². The van der Waals surface area contributed by atoms with E-state index in [9.17, 15) is 24.6 Å². The maximum absolute atomic E-state index is 12.4. The molecule has 0 aromatic rings. The van der Waals surface area contributed by atoms with Gasteiger partial charge in [0.1, 0.15) is 29.5 Å². The van der Waals surface area contributed by atoms with Gasteiger partial charge in [-0.3, -0.25) is 9.59 Å². The summed E-state index contributed by atoms with van der Waals surface area (Å²) in [5, 5.41) is 22.0. The molecular formula is C15H18O7. The van der Waals surface area contributed by atoms with Crippen molar-refractivity contribution in [3.63, 3.8) is 0 Å². The van der Waals surface area contributed by atoms with Crippen molar-refractivity contribution in [2.45, 2.75) is 44.5 Å². The highest BCUT2D eigenvalue weighted by Gasteiger charge is 2.84. The van der Waals surface area contributed by atoms with Crippen molar-refractivity contribution in [3.05, 3.63) is 0 Å². The molecule has 4 rings (SSSR count). The number of fused-ring (bicyclic) bond motifs is 2. The number of cyclic esters (lactones) is 1. The van der Waals surface area contributed by atoms with Crippen LogP contribution >= 0.6 is 0 Å². The molecule has 2 aliphatic carbocycles. The first kappa shape index (κ1) is 14.1. The van der Waals surface area contributed by atoms with Gasteiger partial charge in [-0.05, 0) is 6.42 Å². The zero-order valence-electron chi connectivity index (χ0n) is 12.4. The van der Waals surface area contributed by atoms with Crippen LogP contribution in [-0.2, 0) is 23.9 Å². The van der Waals surface area contributed by atoms with Crippen LogP contribution in [-0.4, -0.2) is 52.4 Å². The van der Waals surface area contributed by atoms with Crippen molar-refractivity contribution in [1.29, 1.82) is 0 Å². The van der Waals surface area contributed by atoms with Gasteiger partial charge in [-0.1, -0.05) is 13.8 Å². The molecule has 120 valence electrons. The van der Waals surface area contributed by atoms with E-state index in [2.05, 4.69) is 0 Å². The Balaban J connectivity index is 2.00. The van der Waals surface area contributed by atoms with E-state index in [4.69, 9.17) is 9.47 Å². The maximum Gasteiger partial charge on any atom is 0.335 e. The van der Waals surface area contributed by atoms with Gasteiger partial charge in [0.05, 0.1) is 5.41 Å². The molecule has 4 aliphatic rings. The predicted molar refractivity (Wildman–Crippen MR) is 69.2 cm³/mol. The summed E-state index contributed by atoms with van der Waals surface area (Å²) in [6.07, 6.45) is -2.30. The molecule has 2 N–H and O–H groups in total. The Hall–Kier alpha value is -1.47. The summed E-state index contributed by atoms with van der Waals surface area (Å²) in [5.74, 6) is -2.85. The predicted octanol–water partition coefficient (Wildman–Crippen LogP) is -0.818. The van der Waals surface area contributed by atoms with Gasteiger partial charge in [-0.2, -0.15) is 0 Å². The summed E-state index contributed by atoms with van der Waals surface area (Å²) in [7, 11) is 0. The van der Waals surface area contributed by atoms with Gasteiger partial charge in [-0.25, -0.2) is 4.79 Å². The van der Waals surface area contributed by atoms with Crippen LogP contribution in [0.25, 0.3) is 0 Å². The van der Waals surface area contributed by atoms with E-state index >= 15 is 0 Å². The molecule has 7 heteroatoms. The first-order chi connectivity index (χ1) is 10.2. The SMILES string of the molecule is C[C@H]1C(=O)C[C@]2(O)[C@]13C[C@H](OC(=O)[C@H]3O)[C@H](C)[C@]21COC1=O. The Morgan fingerprint density at radius 3 is 2.45 bits per heavy atom. The molecule has 0 amide bonds. The lowest BCUT2D eigenvalue weighted by Crippen LogP contribution is -2.80. The highest BCUT2D eigenvalue weighted by Crippen LogP contribution is 2.70. The number of Topliss-reactive ketones (excluding diaryl/α,β-unsaturated/α-hetero) is 1. The summed E-state index contributed by atoms with van der Waals surface area (Å²) >= 11 is 0. The molecule has 0 aromatic heterocycles. The van der Waals surface area contributed by atoms with Crippen LogP contribution in [0.4, 0.5) is 0 Å². The first-order valence-corrected chi connectivity index (χ1v) is 7.53. The minimum absolute atomic E-state index is 0.0218. The van der Waals surface area contributed by atoms with Gasteiger partial charge in [0.2, 0.25) is 0 Å². The van der Waals surface area contributed by atoms with Crippen LogP contribution in [0, 0.1) is 22.7 Å². The van der Waals surface area contributed by atoms with Gasteiger partial charge >= 0.3 is 11.9 Å². The topological polar surface area (TPSA) is 110 Å². The van der Waals surface area contributed by atoms with Crippen molar-refractivity contribution in [3.8, 4) is 0 Å². The monoisotopic (exact) mass is 310 g/mol. The van der Waals surface area contributed by atoms with Gasteiger partial charge < -0.3 is 19.7 Å². The van der Waals surface area contributed by atoms with Crippen LogP contribution in [0.15, 0.2) is 0 Å². The second kappa shape index (κ2) is 3.71. The highest BCUT2D eigenvalue weighted by molar-refractivity contribution is 5.94. The number of esters is 2. The van der Waals surface area contributed by atoms with Crippen LogP contribution in [0.1, 0.15) is 26.7 Å². The van der Waals surface area contributed by atoms with Gasteiger partial charge in [0.15, 0.2) is 6.10 Å². The average Bonchev–Trinajstić information content (AvgIpc) is 2.64. The lowest BCUT2D eigenvalue weighted by atomic mass is 9.44. The van der Waals surface area contributed by atoms with E-state index < -0.39 is 52.4 Å². The molecule has 7 atom stereocenters. The van der Waals surface area contributed by atoms with Crippen molar-refractivity contribution >= 4 is 17.7 Å². The van der Waals surface area contributed by atoms with Crippen molar-refractivity contribution < 1.29 is 34.1 Å². The highest BCUT2D eigenvalue weighted by atomic mass is 16.6. The normalized spacial score (nSPS) is 56.3. The molecule has 2 aliphatic heterocycles. The number of ether oxygens (including phenoxy) is 2. The molecule has 4 fully saturated rings. The Labute approximate surface area is 126 Å². The largest absolute Gasteiger partial charge is 0.464 e. The molecule has 7 nitrogen and oxygen atoms in total. The fourth-order valence-electron chi connectivity index (χ4n) is 5.37. The van der Waals surface area contributed by atoms with E-state index in [1.54, 1.807) is 13.8 Å². The summed E-state index contributed by atoms with van der Waals surface area (Å²) in [6.45, 7) is 3.31. The number of carbonyl (C=O) groups is 3. The Bertz CT molecular complexity index is 615. The summed E-state index contributed by atoms with van der Waals surface area (Å²) in [6, 6.07) is 0.